The van der Waals surface area contributed by atoms with Crippen molar-refractivity contribution in [2.45, 2.75) is 26.2 Å². The molecular weight excluding hydrogens is 354 g/mol. The van der Waals surface area contributed by atoms with Crippen molar-refractivity contribution in [1.29, 1.82) is 0 Å². The van der Waals surface area contributed by atoms with Crippen LogP contribution in [0.3, 0.4) is 0 Å². The number of nitrogens with one attached hydrogen (secondary N) is 1. The third-order valence-electron chi connectivity index (χ3n) is 4.45. The van der Waals surface area contributed by atoms with E-state index in [4.69, 9.17) is 0 Å². The Bertz CT molecular complexity index is 966. The molecule has 28 heavy (non-hydrogen) atoms. The largest absolute Gasteiger partial charge is 0.334 e. The number of nitro groups is 1. The maximum atomic E-state index is 11.5. The summed E-state index contributed by atoms with van der Waals surface area (Å²) in [6, 6.07) is 14.6. The van der Waals surface area contributed by atoms with Gasteiger partial charge in [-0.25, -0.2) is 4.98 Å². The van der Waals surface area contributed by atoms with Crippen molar-refractivity contribution >= 4 is 28.7 Å². The van der Waals surface area contributed by atoms with Crippen LogP contribution in [0.5, 0.6) is 0 Å². The van der Waals surface area contributed by atoms with Crippen LogP contribution in [0.25, 0.3) is 0 Å². The summed E-state index contributed by atoms with van der Waals surface area (Å²) in [6.07, 6.45) is 3.40. The SMILES string of the molecule is CN(c1cccnc1)c1ccc([N+](=O)[O-])c(Nc2ccc(C(C)(C)C)cc2)n1. The number of hydrogen-bond donors (Lipinski definition) is 1. The molecule has 0 aliphatic carbocycles. The molecule has 0 saturated carbocycles. The van der Waals surface area contributed by atoms with Crippen LogP contribution in [-0.4, -0.2) is 21.9 Å². The van der Waals surface area contributed by atoms with Crippen molar-refractivity contribution in [3.05, 3.63) is 76.6 Å². The second-order valence-electron chi connectivity index (χ2n) is 7.52. The molecule has 7 nitrogen and oxygen atoms in total. The number of pyridine rings is 2. The number of nitrogens with zero attached hydrogens (tertiary/aromatic N) is 4. The fourth-order valence-electron chi connectivity index (χ4n) is 2.74. The number of rotatable bonds is 5. The van der Waals surface area contributed by atoms with Crippen LogP contribution in [0.15, 0.2) is 60.9 Å². The first-order valence-electron chi connectivity index (χ1n) is 8.92. The van der Waals surface area contributed by atoms with Crippen molar-refractivity contribution in [3.63, 3.8) is 0 Å². The average molecular weight is 377 g/mol. The van der Waals surface area contributed by atoms with Gasteiger partial charge in [0.25, 0.3) is 0 Å². The molecule has 0 fully saturated rings. The van der Waals surface area contributed by atoms with Gasteiger partial charge in [-0.05, 0) is 41.3 Å². The smallest absolute Gasteiger partial charge is 0.311 e. The number of benzene rings is 1. The van der Waals surface area contributed by atoms with Gasteiger partial charge in [-0.2, -0.15) is 0 Å². The van der Waals surface area contributed by atoms with E-state index >= 15 is 0 Å². The van der Waals surface area contributed by atoms with Gasteiger partial charge in [0.2, 0.25) is 5.82 Å². The third kappa shape index (κ3) is 4.25. The van der Waals surface area contributed by atoms with E-state index in [1.165, 1.54) is 11.6 Å². The Morgan fingerprint density at radius 1 is 1.07 bits per heavy atom. The number of anilines is 4. The molecule has 1 N–H and O–H groups in total. The Morgan fingerprint density at radius 3 is 2.36 bits per heavy atom. The van der Waals surface area contributed by atoms with E-state index in [-0.39, 0.29) is 16.9 Å². The van der Waals surface area contributed by atoms with Gasteiger partial charge in [-0.15, -0.1) is 0 Å². The molecule has 0 saturated heterocycles. The lowest BCUT2D eigenvalue weighted by Gasteiger charge is -2.20. The van der Waals surface area contributed by atoms with Gasteiger partial charge in [0.15, 0.2) is 0 Å². The maximum Gasteiger partial charge on any atom is 0.311 e. The van der Waals surface area contributed by atoms with Crippen LogP contribution in [-0.2, 0) is 5.41 Å². The standard InChI is InChI=1S/C21H23N5O2/c1-21(2,3)15-7-9-16(10-8-15)23-20-18(26(27)28)11-12-19(24-20)25(4)17-6-5-13-22-14-17/h5-14H,1-4H3,(H,23,24). The minimum atomic E-state index is -0.438. The van der Waals surface area contributed by atoms with Crippen molar-refractivity contribution in [3.8, 4) is 0 Å². The Labute approximate surface area is 164 Å². The summed E-state index contributed by atoms with van der Waals surface area (Å²) in [4.78, 5) is 21.4. The van der Waals surface area contributed by atoms with Crippen molar-refractivity contribution in [2.75, 3.05) is 17.3 Å². The molecule has 0 aliphatic heterocycles. The van der Waals surface area contributed by atoms with E-state index < -0.39 is 4.92 Å². The first-order valence-corrected chi connectivity index (χ1v) is 8.92. The van der Waals surface area contributed by atoms with Gasteiger partial charge in [-0.1, -0.05) is 32.9 Å². The highest BCUT2D eigenvalue weighted by molar-refractivity contribution is 5.70. The van der Waals surface area contributed by atoms with Gasteiger partial charge >= 0.3 is 5.69 Å². The summed E-state index contributed by atoms with van der Waals surface area (Å²) in [7, 11) is 1.84. The summed E-state index contributed by atoms with van der Waals surface area (Å²) in [5, 5.41) is 14.5. The molecule has 0 radical (unpaired) electrons. The zero-order valence-electron chi connectivity index (χ0n) is 16.4. The third-order valence-corrected chi connectivity index (χ3v) is 4.45. The van der Waals surface area contributed by atoms with Crippen LogP contribution in [0.4, 0.5) is 28.7 Å². The van der Waals surface area contributed by atoms with Gasteiger partial charge < -0.3 is 10.2 Å². The highest BCUT2D eigenvalue weighted by atomic mass is 16.6. The van der Waals surface area contributed by atoms with Crippen molar-refractivity contribution in [2.24, 2.45) is 0 Å². The van der Waals surface area contributed by atoms with Gasteiger partial charge in [0, 0.05) is 25.0 Å². The predicted molar refractivity (Wildman–Crippen MR) is 112 cm³/mol. The Morgan fingerprint density at radius 2 is 1.79 bits per heavy atom. The minimum absolute atomic E-state index is 0.0368. The normalized spacial score (nSPS) is 11.1. The first kappa shape index (κ1) is 19.3. The molecule has 0 atom stereocenters. The molecule has 0 unspecified atom stereocenters. The maximum absolute atomic E-state index is 11.5. The molecule has 1 aromatic carbocycles. The molecular formula is C21H23N5O2. The molecule has 0 amide bonds. The molecule has 7 heteroatoms. The molecule has 2 heterocycles. The Hall–Kier alpha value is -3.48. The lowest BCUT2D eigenvalue weighted by atomic mass is 9.87. The number of hydrogen-bond acceptors (Lipinski definition) is 6. The van der Waals surface area contributed by atoms with E-state index in [0.29, 0.717) is 5.82 Å². The summed E-state index contributed by atoms with van der Waals surface area (Å²) in [5.74, 6) is 0.772. The molecule has 0 aliphatic rings. The quantitative estimate of drug-likeness (QED) is 0.486. The Balaban J connectivity index is 1.93. The average Bonchev–Trinajstić information content (AvgIpc) is 2.67. The Kier molecular flexibility index (Phi) is 5.26. The molecule has 3 aromatic rings. The van der Waals surface area contributed by atoms with Gasteiger partial charge in [0.05, 0.1) is 16.8 Å². The van der Waals surface area contributed by atoms with E-state index in [1.54, 1.807) is 18.5 Å². The molecule has 144 valence electrons. The second kappa shape index (κ2) is 7.64. The van der Waals surface area contributed by atoms with Crippen LogP contribution in [0.2, 0.25) is 0 Å². The highest BCUT2D eigenvalue weighted by Gasteiger charge is 2.19. The fourth-order valence-corrected chi connectivity index (χ4v) is 2.74. The molecule has 3 rings (SSSR count). The zero-order valence-corrected chi connectivity index (χ0v) is 16.4. The van der Waals surface area contributed by atoms with Gasteiger partial charge in [0.1, 0.15) is 5.82 Å². The topological polar surface area (TPSA) is 84.2 Å². The second-order valence-corrected chi connectivity index (χ2v) is 7.52. The van der Waals surface area contributed by atoms with Crippen LogP contribution in [0.1, 0.15) is 26.3 Å². The predicted octanol–water partition coefficient (Wildman–Crippen LogP) is 5.19. The molecule has 0 bridgehead atoms. The fraction of sp³-hybridized carbons (Fsp3) is 0.238. The van der Waals surface area contributed by atoms with Crippen LogP contribution < -0.4 is 10.2 Å². The zero-order chi connectivity index (χ0) is 20.3. The first-order chi connectivity index (χ1) is 13.3. The van der Waals surface area contributed by atoms with Crippen molar-refractivity contribution < 1.29 is 4.92 Å². The van der Waals surface area contributed by atoms with E-state index in [9.17, 15) is 10.1 Å². The van der Waals surface area contributed by atoms with E-state index in [1.807, 2.05) is 48.3 Å². The monoisotopic (exact) mass is 377 g/mol. The lowest BCUT2D eigenvalue weighted by Crippen LogP contribution is -2.13. The van der Waals surface area contributed by atoms with E-state index in [2.05, 4.69) is 36.1 Å². The van der Waals surface area contributed by atoms with Crippen LogP contribution >= 0.6 is 0 Å². The summed E-state index contributed by atoms with van der Waals surface area (Å²) < 4.78 is 0. The summed E-state index contributed by atoms with van der Waals surface area (Å²) >= 11 is 0. The minimum Gasteiger partial charge on any atom is -0.334 e. The summed E-state index contributed by atoms with van der Waals surface area (Å²) in [5.41, 5.74) is 2.72. The van der Waals surface area contributed by atoms with E-state index in [0.717, 1.165) is 11.4 Å². The number of aromatic nitrogens is 2. The highest BCUT2D eigenvalue weighted by Crippen LogP contribution is 2.31. The molecule has 0 spiro atoms. The van der Waals surface area contributed by atoms with Gasteiger partial charge in [-0.3, -0.25) is 15.1 Å². The van der Waals surface area contributed by atoms with Crippen molar-refractivity contribution in [1.82, 2.24) is 9.97 Å². The summed E-state index contributed by atoms with van der Waals surface area (Å²) in [6.45, 7) is 6.42. The molecule has 2 aromatic heterocycles. The van der Waals surface area contributed by atoms with Crippen LogP contribution in [0, 0.1) is 10.1 Å². The lowest BCUT2D eigenvalue weighted by molar-refractivity contribution is -0.384.